The van der Waals surface area contributed by atoms with Gasteiger partial charge in [0, 0.05) is 17.2 Å². The smallest absolute Gasteiger partial charge is 0.130 e. The molecule has 4 rings (SSSR count). The lowest BCUT2D eigenvalue weighted by Gasteiger charge is -2.32. The number of benzene rings is 3. The molecule has 158 valence electrons. The van der Waals surface area contributed by atoms with E-state index < -0.39 is 0 Å². The molecule has 0 radical (unpaired) electrons. The first kappa shape index (κ1) is 20.4. The topological polar surface area (TPSA) is 57.2 Å². The highest BCUT2D eigenvalue weighted by Gasteiger charge is 2.31. The monoisotopic (exact) mass is 408 g/mol. The van der Waals surface area contributed by atoms with Crippen molar-refractivity contribution in [3.63, 3.8) is 0 Å². The summed E-state index contributed by atoms with van der Waals surface area (Å²) < 4.78 is 23.2. The zero-order chi connectivity index (χ0) is 21.6. The summed E-state index contributed by atoms with van der Waals surface area (Å²) in [6, 6.07) is 9.61. The van der Waals surface area contributed by atoms with Gasteiger partial charge in [-0.15, -0.1) is 0 Å². The predicted molar refractivity (Wildman–Crippen MR) is 118 cm³/mol. The molecule has 1 aliphatic rings. The zero-order valence-electron chi connectivity index (χ0n) is 18.3. The minimum absolute atomic E-state index is 0.0720. The maximum absolute atomic E-state index is 10.6. The van der Waals surface area contributed by atoms with Crippen molar-refractivity contribution in [1.82, 2.24) is 0 Å². The summed E-state index contributed by atoms with van der Waals surface area (Å²) in [4.78, 5) is 0. The summed E-state index contributed by atoms with van der Waals surface area (Å²) in [7, 11) is 4.96. The lowest BCUT2D eigenvalue weighted by atomic mass is 9.84. The number of aryl methyl sites for hydroxylation is 1. The van der Waals surface area contributed by atoms with Crippen molar-refractivity contribution < 1.29 is 24.1 Å². The van der Waals surface area contributed by atoms with Gasteiger partial charge in [-0.3, -0.25) is 0 Å². The molecule has 5 heteroatoms. The molecule has 5 nitrogen and oxygen atoms in total. The third kappa shape index (κ3) is 3.14. The first-order valence-corrected chi connectivity index (χ1v) is 10.1. The van der Waals surface area contributed by atoms with Crippen LogP contribution in [0.3, 0.4) is 0 Å². The molecule has 0 amide bonds. The van der Waals surface area contributed by atoms with Crippen molar-refractivity contribution in [2.45, 2.75) is 39.4 Å². The Bertz CT molecular complexity index is 1120. The average Bonchev–Trinajstić information content (AvgIpc) is 2.72. The van der Waals surface area contributed by atoms with E-state index in [4.69, 9.17) is 18.9 Å². The van der Waals surface area contributed by atoms with Crippen molar-refractivity contribution in [2.24, 2.45) is 0 Å². The minimum Gasteiger partial charge on any atom is -0.507 e. The van der Waals surface area contributed by atoms with E-state index in [0.717, 1.165) is 51.1 Å². The lowest BCUT2D eigenvalue weighted by Crippen LogP contribution is -2.23. The molecule has 2 atom stereocenters. The molecule has 0 unspecified atom stereocenters. The van der Waals surface area contributed by atoms with Gasteiger partial charge in [-0.2, -0.15) is 0 Å². The predicted octanol–water partition coefficient (Wildman–Crippen LogP) is 5.57. The number of hydrogen-bond donors (Lipinski definition) is 1. The van der Waals surface area contributed by atoms with Gasteiger partial charge in [0.2, 0.25) is 0 Å². The van der Waals surface area contributed by atoms with Crippen LogP contribution in [0.25, 0.3) is 21.9 Å². The van der Waals surface area contributed by atoms with Crippen LogP contribution in [0.2, 0.25) is 0 Å². The highest BCUT2D eigenvalue weighted by molar-refractivity contribution is 6.05. The SMILES string of the molecule is COc1cc(OC)c2c(c1-c1ccc(O)c3c(OC)cc(C)cc13)C[C@H](C)O[C@H]2C. The number of rotatable bonds is 4. The summed E-state index contributed by atoms with van der Waals surface area (Å²) in [5.74, 6) is 2.34. The van der Waals surface area contributed by atoms with Gasteiger partial charge in [0.15, 0.2) is 0 Å². The Hall–Kier alpha value is -2.92. The molecular formula is C25H28O5. The fourth-order valence-corrected chi connectivity index (χ4v) is 4.68. The van der Waals surface area contributed by atoms with E-state index in [0.29, 0.717) is 11.1 Å². The Balaban J connectivity index is 2.14. The van der Waals surface area contributed by atoms with Crippen molar-refractivity contribution in [2.75, 3.05) is 21.3 Å². The number of aromatic hydroxyl groups is 1. The Morgan fingerprint density at radius 1 is 0.933 bits per heavy atom. The lowest BCUT2D eigenvalue weighted by molar-refractivity contribution is -0.00594. The maximum Gasteiger partial charge on any atom is 0.130 e. The molecule has 0 aromatic heterocycles. The van der Waals surface area contributed by atoms with E-state index in [2.05, 4.69) is 19.9 Å². The van der Waals surface area contributed by atoms with E-state index in [9.17, 15) is 5.11 Å². The maximum atomic E-state index is 10.6. The van der Waals surface area contributed by atoms with E-state index >= 15 is 0 Å². The Labute approximate surface area is 177 Å². The van der Waals surface area contributed by atoms with Gasteiger partial charge in [-0.1, -0.05) is 6.07 Å². The van der Waals surface area contributed by atoms with Gasteiger partial charge in [-0.05, 0) is 67.5 Å². The number of phenolic OH excluding ortho intramolecular Hbond substituents is 1. The number of phenols is 1. The van der Waals surface area contributed by atoms with Crippen LogP contribution in [0.15, 0.2) is 30.3 Å². The Morgan fingerprint density at radius 2 is 1.63 bits per heavy atom. The van der Waals surface area contributed by atoms with Gasteiger partial charge in [0.1, 0.15) is 23.0 Å². The van der Waals surface area contributed by atoms with Crippen molar-refractivity contribution >= 4 is 10.8 Å². The molecule has 3 aromatic rings. The van der Waals surface area contributed by atoms with Crippen LogP contribution < -0.4 is 14.2 Å². The van der Waals surface area contributed by atoms with Crippen LogP contribution in [0.1, 0.15) is 36.6 Å². The third-order valence-corrected chi connectivity index (χ3v) is 5.87. The highest BCUT2D eigenvalue weighted by Crippen LogP contribution is 2.49. The minimum atomic E-state index is -0.0944. The van der Waals surface area contributed by atoms with Crippen LogP contribution in [-0.2, 0) is 11.2 Å². The number of fused-ring (bicyclic) bond motifs is 2. The second kappa shape index (κ2) is 7.73. The average molecular weight is 408 g/mol. The summed E-state index contributed by atoms with van der Waals surface area (Å²) in [5, 5.41) is 12.2. The van der Waals surface area contributed by atoms with Crippen LogP contribution in [0.4, 0.5) is 0 Å². The van der Waals surface area contributed by atoms with Gasteiger partial charge in [0.25, 0.3) is 0 Å². The van der Waals surface area contributed by atoms with E-state index in [1.165, 1.54) is 0 Å². The molecule has 3 aromatic carbocycles. The van der Waals surface area contributed by atoms with Crippen LogP contribution in [-0.4, -0.2) is 32.5 Å². The first-order valence-electron chi connectivity index (χ1n) is 10.1. The molecule has 0 aliphatic carbocycles. The largest absolute Gasteiger partial charge is 0.507 e. The molecule has 1 heterocycles. The molecule has 0 fully saturated rings. The number of ether oxygens (including phenoxy) is 4. The third-order valence-electron chi connectivity index (χ3n) is 5.87. The van der Waals surface area contributed by atoms with E-state index in [-0.39, 0.29) is 18.0 Å². The molecular weight excluding hydrogens is 380 g/mol. The fraction of sp³-hybridized carbons (Fsp3) is 0.360. The summed E-state index contributed by atoms with van der Waals surface area (Å²) in [5.41, 5.74) is 5.25. The molecule has 0 bridgehead atoms. The molecule has 1 N–H and O–H groups in total. The molecule has 0 saturated carbocycles. The van der Waals surface area contributed by atoms with Crippen LogP contribution in [0, 0.1) is 6.92 Å². The Morgan fingerprint density at radius 3 is 2.30 bits per heavy atom. The van der Waals surface area contributed by atoms with E-state index in [1.807, 2.05) is 25.1 Å². The summed E-state index contributed by atoms with van der Waals surface area (Å²) in [6.07, 6.45) is 0.721. The zero-order valence-corrected chi connectivity index (χ0v) is 18.3. The second-order valence-electron chi connectivity index (χ2n) is 7.86. The summed E-state index contributed by atoms with van der Waals surface area (Å²) in [6.45, 7) is 6.15. The summed E-state index contributed by atoms with van der Waals surface area (Å²) >= 11 is 0. The van der Waals surface area contributed by atoms with Crippen molar-refractivity contribution in [3.05, 3.63) is 47.0 Å². The first-order chi connectivity index (χ1) is 14.4. The van der Waals surface area contributed by atoms with E-state index in [1.54, 1.807) is 27.4 Å². The Kier molecular flexibility index (Phi) is 5.24. The molecule has 1 aliphatic heterocycles. The normalized spacial score (nSPS) is 18.2. The van der Waals surface area contributed by atoms with Crippen molar-refractivity contribution in [3.8, 4) is 34.1 Å². The number of hydrogen-bond acceptors (Lipinski definition) is 5. The number of methoxy groups -OCH3 is 3. The van der Waals surface area contributed by atoms with Crippen LogP contribution in [0.5, 0.6) is 23.0 Å². The van der Waals surface area contributed by atoms with Gasteiger partial charge in [0.05, 0.1) is 38.9 Å². The van der Waals surface area contributed by atoms with Gasteiger partial charge in [-0.25, -0.2) is 0 Å². The highest BCUT2D eigenvalue weighted by atomic mass is 16.5. The van der Waals surface area contributed by atoms with Gasteiger partial charge < -0.3 is 24.1 Å². The second-order valence-corrected chi connectivity index (χ2v) is 7.86. The standard InChI is InChI=1S/C25H28O5/c1-13-9-17-16(7-8-19(26)25(17)20(10-13)27-4)24-18-11-14(2)30-15(3)23(18)21(28-5)12-22(24)29-6/h7-10,12,14-15,26H,11H2,1-6H3/t14-,15-/m0/s1. The molecule has 0 spiro atoms. The molecule has 30 heavy (non-hydrogen) atoms. The fourth-order valence-electron chi connectivity index (χ4n) is 4.68. The van der Waals surface area contributed by atoms with Gasteiger partial charge >= 0.3 is 0 Å². The quantitative estimate of drug-likeness (QED) is 0.612. The molecule has 0 saturated heterocycles. The van der Waals surface area contributed by atoms with Crippen molar-refractivity contribution in [1.29, 1.82) is 0 Å². The van der Waals surface area contributed by atoms with Crippen LogP contribution >= 0.6 is 0 Å².